The lowest BCUT2D eigenvalue weighted by Gasteiger charge is -2.05. The summed E-state index contributed by atoms with van der Waals surface area (Å²) < 4.78 is 10.1. The van der Waals surface area contributed by atoms with Gasteiger partial charge in [-0.05, 0) is 12.1 Å². The molecule has 124 valence electrons. The number of carbonyl (C=O) groups excluding carboxylic acids is 2. The molecular weight excluding hydrogens is 300 g/mol. The summed E-state index contributed by atoms with van der Waals surface area (Å²) in [5.74, 6) is 1.35. The van der Waals surface area contributed by atoms with E-state index >= 15 is 0 Å². The van der Waals surface area contributed by atoms with Gasteiger partial charge in [0.1, 0.15) is 5.76 Å². The fraction of sp³-hybridized carbons (Fsp3) is 0.467. The van der Waals surface area contributed by atoms with E-state index < -0.39 is 0 Å². The van der Waals surface area contributed by atoms with Crippen LogP contribution in [0.5, 0.6) is 0 Å². The molecule has 0 aliphatic rings. The van der Waals surface area contributed by atoms with Crippen molar-refractivity contribution in [3.8, 4) is 0 Å². The first-order chi connectivity index (χ1) is 11.0. The van der Waals surface area contributed by atoms with E-state index in [4.69, 9.17) is 8.94 Å². The fourth-order valence-electron chi connectivity index (χ4n) is 1.75. The molecule has 8 nitrogen and oxygen atoms in total. The molecule has 0 aliphatic heterocycles. The Kier molecular flexibility index (Phi) is 5.90. The van der Waals surface area contributed by atoms with Crippen LogP contribution in [-0.4, -0.2) is 28.5 Å². The summed E-state index contributed by atoms with van der Waals surface area (Å²) in [4.78, 5) is 27.5. The molecule has 23 heavy (non-hydrogen) atoms. The van der Waals surface area contributed by atoms with E-state index in [1.54, 1.807) is 12.1 Å². The minimum Gasteiger partial charge on any atom is -0.467 e. The Hall–Kier alpha value is -2.64. The average Bonchev–Trinajstić information content (AvgIpc) is 3.19. The van der Waals surface area contributed by atoms with Crippen molar-refractivity contribution in [2.24, 2.45) is 0 Å². The SMILES string of the molecule is CC(C)c1noc(CCC(=O)NCC(=O)NCc2ccco2)n1. The second-order valence-electron chi connectivity index (χ2n) is 5.33. The quantitative estimate of drug-likeness (QED) is 0.755. The lowest BCUT2D eigenvalue weighted by molar-refractivity contribution is -0.126. The summed E-state index contributed by atoms with van der Waals surface area (Å²) >= 11 is 0. The number of furan rings is 1. The van der Waals surface area contributed by atoms with Gasteiger partial charge in [-0.1, -0.05) is 19.0 Å². The van der Waals surface area contributed by atoms with Gasteiger partial charge in [-0.15, -0.1) is 0 Å². The number of aryl methyl sites for hydroxylation is 1. The van der Waals surface area contributed by atoms with Gasteiger partial charge < -0.3 is 19.6 Å². The number of hydrogen-bond acceptors (Lipinski definition) is 6. The Morgan fingerprint density at radius 2 is 2.09 bits per heavy atom. The molecule has 0 bridgehead atoms. The molecule has 0 spiro atoms. The topological polar surface area (TPSA) is 110 Å². The van der Waals surface area contributed by atoms with Crippen LogP contribution in [0, 0.1) is 0 Å². The van der Waals surface area contributed by atoms with Crippen molar-refractivity contribution in [2.75, 3.05) is 6.54 Å². The molecule has 0 aliphatic carbocycles. The van der Waals surface area contributed by atoms with Crippen molar-refractivity contribution in [2.45, 2.75) is 39.2 Å². The summed E-state index contributed by atoms with van der Waals surface area (Å²) in [6, 6.07) is 3.50. The molecule has 8 heteroatoms. The van der Waals surface area contributed by atoms with E-state index in [0.29, 0.717) is 30.4 Å². The second kappa shape index (κ2) is 8.11. The van der Waals surface area contributed by atoms with Crippen molar-refractivity contribution < 1.29 is 18.5 Å². The van der Waals surface area contributed by atoms with Gasteiger partial charge in [0, 0.05) is 18.8 Å². The van der Waals surface area contributed by atoms with Crippen LogP contribution in [-0.2, 0) is 22.6 Å². The van der Waals surface area contributed by atoms with Gasteiger partial charge in [0.2, 0.25) is 17.7 Å². The minimum absolute atomic E-state index is 0.0827. The van der Waals surface area contributed by atoms with Crippen LogP contribution in [0.3, 0.4) is 0 Å². The average molecular weight is 320 g/mol. The van der Waals surface area contributed by atoms with Crippen molar-refractivity contribution in [3.63, 3.8) is 0 Å². The smallest absolute Gasteiger partial charge is 0.239 e. The first-order valence-electron chi connectivity index (χ1n) is 7.43. The Balaban J connectivity index is 1.63. The number of nitrogens with one attached hydrogen (secondary N) is 2. The predicted octanol–water partition coefficient (Wildman–Crippen LogP) is 1.15. The zero-order valence-corrected chi connectivity index (χ0v) is 13.2. The molecule has 0 unspecified atom stereocenters. The summed E-state index contributed by atoms with van der Waals surface area (Å²) in [6.45, 7) is 4.13. The molecule has 2 heterocycles. The molecule has 0 saturated heterocycles. The molecule has 2 aromatic rings. The van der Waals surface area contributed by atoms with E-state index in [2.05, 4.69) is 20.8 Å². The number of hydrogen-bond donors (Lipinski definition) is 2. The predicted molar refractivity (Wildman–Crippen MR) is 80.3 cm³/mol. The highest BCUT2D eigenvalue weighted by Gasteiger charge is 2.12. The molecule has 0 fully saturated rings. The van der Waals surface area contributed by atoms with Gasteiger partial charge >= 0.3 is 0 Å². The fourth-order valence-corrected chi connectivity index (χ4v) is 1.75. The largest absolute Gasteiger partial charge is 0.467 e. The Morgan fingerprint density at radius 3 is 2.74 bits per heavy atom. The monoisotopic (exact) mass is 320 g/mol. The number of carbonyl (C=O) groups is 2. The maximum atomic E-state index is 11.7. The van der Waals surface area contributed by atoms with Crippen molar-refractivity contribution in [3.05, 3.63) is 35.9 Å². The van der Waals surface area contributed by atoms with Crippen molar-refractivity contribution >= 4 is 11.8 Å². The highest BCUT2D eigenvalue weighted by molar-refractivity contribution is 5.84. The van der Waals surface area contributed by atoms with Gasteiger partial charge in [0.05, 0.1) is 19.4 Å². The minimum atomic E-state index is -0.283. The molecule has 0 saturated carbocycles. The van der Waals surface area contributed by atoms with Gasteiger partial charge in [-0.25, -0.2) is 0 Å². The normalized spacial score (nSPS) is 10.7. The first-order valence-corrected chi connectivity index (χ1v) is 7.43. The van der Waals surface area contributed by atoms with Crippen molar-refractivity contribution in [1.29, 1.82) is 0 Å². The number of aromatic nitrogens is 2. The van der Waals surface area contributed by atoms with Gasteiger partial charge in [-0.2, -0.15) is 4.98 Å². The molecule has 0 atom stereocenters. The van der Waals surface area contributed by atoms with E-state index in [1.807, 2.05) is 13.8 Å². The first kappa shape index (κ1) is 16.7. The van der Waals surface area contributed by atoms with Crippen LogP contribution in [0.15, 0.2) is 27.3 Å². The van der Waals surface area contributed by atoms with Crippen molar-refractivity contribution in [1.82, 2.24) is 20.8 Å². The third-order valence-electron chi connectivity index (χ3n) is 3.05. The number of nitrogens with zero attached hydrogens (tertiary/aromatic N) is 2. The third kappa shape index (κ3) is 5.57. The van der Waals surface area contributed by atoms with Crippen LogP contribution < -0.4 is 10.6 Å². The maximum Gasteiger partial charge on any atom is 0.239 e. The zero-order chi connectivity index (χ0) is 16.7. The standard InChI is InChI=1S/C15H20N4O4/c1-10(2)15-18-14(23-19-15)6-5-12(20)17-9-13(21)16-8-11-4-3-7-22-11/h3-4,7,10H,5-6,8-9H2,1-2H3,(H,16,21)(H,17,20). The summed E-state index contributed by atoms with van der Waals surface area (Å²) in [7, 11) is 0. The summed E-state index contributed by atoms with van der Waals surface area (Å²) in [5, 5.41) is 9.01. The highest BCUT2D eigenvalue weighted by Crippen LogP contribution is 2.10. The van der Waals surface area contributed by atoms with Crippen LogP contribution in [0.4, 0.5) is 0 Å². The van der Waals surface area contributed by atoms with Crippen LogP contribution in [0.25, 0.3) is 0 Å². The molecule has 0 aromatic carbocycles. The van der Waals surface area contributed by atoms with E-state index in [1.165, 1.54) is 6.26 Å². The third-order valence-corrected chi connectivity index (χ3v) is 3.05. The summed E-state index contributed by atoms with van der Waals surface area (Å²) in [6.07, 6.45) is 2.07. The lowest BCUT2D eigenvalue weighted by atomic mass is 10.2. The van der Waals surface area contributed by atoms with Gasteiger partial charge in [0.25, 0.3) is 0 Å². The molecule has 2 N–H and O–H groups in total. The van der Waals surface area contributed by atoms with Gasteiger partial charge in [-0.3, -0.25) is 9.59 Å². The van der Waals surface area contributed by atoms with Crippen LogP contribution in [0.1, 0.15) is 43.7 Å². The Labute approximate surface area is 133 Å². The zero-order valence-electron chi connectivity index (χ0n) is 13.2. The lowest BCUT2D eigenvalue weighted by Crippen LogP contribution is -2.36. The summed E-state index contributed by atoms with van der Waals surface area (Å²) in [5.41, 5.74) is 0. The number of rotatable bonds is 8. The molecule has 0 radical (unpaired) electrons. The second-order valence-corrected chi connectivity index (χ2v) is 5.33. The van der Waals surface area contributed by atoms with Crippen LogP contribution >= 0.6 is 0 Å². The molecule has 2 rings (SSSR count). The van der Waals surface area contributed by atoms with Gasteiger partial charge in [0.15, 0.2) is 5.82 Å². The molecular formula is C15H20N4O4. The maximum absolute atomic E-state index is 11.7. The van der Waals surface area contributed by atoms with E-state index in [0.717, 1.165) is 0 Å². The Morgan fingerprint density at radius 1 is 1.26 bits per heavy atom. The molecule has 2 aromatic heterocycles. The van der Waals surface area contributed by atoms with E-state index in [9.17, 15) is 9.59 Å². The van der Waals surface area contributed by atoms with Crippen LogP contribution in [0.2, 0.25) is 0 Å². The van der Waals surface area contributed by atoms with E-state index in [-0.39, 0.29) is 30.7 Å². The number of amides is 2. The Bertz CT molecular complexity index is 634. The molecule has 2 amide bonds. The highest BCUT2D eigenvalue weighted by atomic mass is 16.5.